The molecule has 0 fully saturated rings. The van der Waals surface area contributed by atoms with Crippen LogP contribution in [0.4, 0.5) is 5.69 Å². The molecular formula is C23H30N2O3. The van der Waals surface area contributed by atoms with E-state index in [9.17, 15) is 9.59 Å². The van der Waals surface area contributed by atoms with Crippen LogP contribution in [0.25, 0.3) is 0 Å². The van der Waals surface area contributed by atoms with Gasteiger partial charge >= 0.3 is 0 Å². The van der Waals surface area contributed by atoms with E-state index in [4.69, 9.17) is 4.74 Å². The minimum absolute atomic E-state index is 0.140. The third-order valence-corrected chi connectivity index (χ3v) is 3.97. The van der Waals surface area contributed by atoms with Gasteiger partial charge in [0.1, 0.15) is 5.75 Å². The maximum Gasteiger partial charge on any atom is 0.255 e. The fourth-order valence-electron chi connectivity index (χ4n) is 2.44. The normalized spacial score (nSPS) is 11.2. The van der Waals surface area contributed by atoms with Gasteiger partial charge < -0.3 is 15.4 Å². The van der Waals surface area contributed by atoms with E-state index in [0.717, 1.165) is 12.2 Å². The molecule has 0 aliphatic rings. The van der Waals surface area contributed by atoms with Crippen molar-refractivity contribution in [2.45, 2.75) is 46.6 Å². The Bertz CT molecular complexity index is 788. The van der Waals surface area contributed by atoms with E-state index in [1.54, 1.807) is 48.5 Å². The highest BCUT2D eigenvalue weighted by Crippen LogP contribution is 2.16. The summed E-state index contributed by atoms with van der Waals surface area (Å²) in [6.07, 6.45) is 0.992. The van der Waals surface area contributed by atoms with Crippen LogP contribution < -0.4 is 15.4 Å². The molecule has 0 heterocycles. The van der Waals surface area contributed by atoms with Crippen molar-refractivity contribution in [1.82, 2.24) is 5.32 Å². The van der Waals surface area contributed by atoms with Gasteiger partial charge in [-0.2, -0.15) is 0 Å². The maximum absolute atomic E-state index is 12.4. The predicted octanol–water partition coefficient (Wildman–Crippen LogP) is 4.89. The molecule has 2 N–H and O–H groups in total. The third kappa shape index (κ3) is 7.06. The zero-order chi connectivity index (χ0) is 20.7. The Morgan fingerprint density at radius 3 is 1.96 bits per heavy atom. The molecule has 5 nitrogen and oxygen atoms in total. The van der Waals surface area contributed by atoms with E-state index in [1.807, 2.05) is 20.8 Å². The summed E-state index contributed by atoms with van der Waals surface area (Å²) < 4.78 is 5.67. The van der Waals surface area contributed by atoms with Crippen LogP contribution in [-0.2, 0) is 0 Å². The zero-order valence-corrected chi connectivity index (χ0v) is 17.3. The van der Waals surface area contributed by atoms with Crippen molar-refractivity contribution >= 4 is 17.5 Å². The first-order chi connectivity index (χ1) is 13.1. The second-order valence-electron chi connectivity index (χ2n) is 8.29. The van der Waals surface area contributed by atoms with Gasteiger partial charge in [0, 0.05) is 22.4 Å². The Morgan fingerprint density at radius 2 is 1.43 bits per heavy atom. The fraction of sp³-hybridized carbons (Fsp3) is 0.391. The van der Waals surface area contributed by atoms with Crippen LogP contribution in [0.3, 0.4) is 0 Å². The molecule has 2 amide bonds. The quantitative estimate of drug-likeness (QED) is 0.716. The van der Waals surface area contributed by atoms with Crippen molar-refractivity contribution < 1.29 is 14.3 Å². The summed E-state index contributed by atoms with van der Waals surface area (Å²) in [5.41, 5.74) is 1.44. The van der Waals surface area contributed by atoms with Gasteiger partial charge in [-0.15, -0.1) is 0 Å². The van der Waals surface area contributed by atoms with Crippen LogP contribution in [0, 0.1) is 5.92 Å². The van der Waals surface area contributed by atoms with Crippen LogP contribution in [0.15, 0.2) is 48.5 Å². The molecule has 0 aromatic heterocycles. The Morgan fingerprint density at radius 1 is 0.893 bits per heavy atom. The highest BCUT2D eigenvalue weighted by Gasteiger charge is 2.15. The van der Waals surface area contributed by atoms with Crippen molar-refractivity contribution in [3.63, 3.8) is 0 Å². The Balaban J connectivity index is 1.92. The second-order valence-corrected chi connectivity index (χ2v) is 8.29. The number of amides is 2. The van der Waals surface area contributed by atoms with E-state index >= 15 is 0 Å². The molecule has 0 bridgehead atoms. The highest BCUT2D eigenvalue weighted by molar-refractivity contribution is 6.04. The van der Waals surface area contributed by atoms with Crippen molar-refractivity contribution in [1.29, 1.82) is 0 Å². The molecular weight excluding hydrogens is 352 g/mol. The number of carbonyl (C=O) groups excluding carboxylic acids is 2. The molecule has 0 radical (unpaired) electrons. The van der Waals surface area contributed by atoms with E-state index in [0.29, 0.717) is 29.3 Å². The molecule has 0 aliphatic carbocycles. The summed E-state index contributed by atoms with van der Waals surface area (Å²) in [6, 6.07) is 13.9. The molecule has 0 atom stereocenters. The summed E-state index contributed by atoms with van der Waals surface area (Å²) in [5.74, 6) is 1.00. The van der Waals surface area contributed by atoms with Gasteiger partial charge in [-0.25, -0.2) is 0 Å². The summed E-state index contributed by atoms with van der Waals surface area (Å²) in [5, 5.41) is 5.75. The zero-order valence-electron chi connectivity index (χ0n) is 17.3. The number of hydrogen-bond acceptors (Lipinski definition) is 3. The average molecular weight is 383 g/mol. The smallest absolute Gasteiger partial charge is 0.255 e. The first-order valence-electron chi connectivity index (χ1n) is 9.61. The van der Waals surface area contributed by atoms with Crippen LogP contribution in [0.5, 0.6) is 5.75 Å². The molecule has 5 heteroatoms. The summed E-state index contributed by atoms with van der Waals surface area (Å²) in [6.45, 7) is 10.8. The lowest BCUT2D eigenvalue weighted by atomic mass is 10.1. The molecule has 0 aliphatic heterocycles. The molecule has 0 saturated heterocycles. The number of ether oxygens (including phenoxy) is 1. The van der Waals surface area contributed by atoms with Crippen LogP contribution in [0.1, 0.15) is 61.8 Å². The maximum atomic E-state index is 12.4. The van der Waals surface area contributed by atoms with Gasteiger partial charge in [-0.1, -0.05) is 13.8 Å². The number of benzene rings is 2. The Kier molecular flexibility index (Phi) is 7.21. The van der Waals surface area contributed by atoms with Gasteiger partial charge in [-0.05, 0) is 81.6 Å². The lowest BCUT2D eigenvalue weighted by Crippen LogP contribution is -2.40. The summed E-state index contributed by atoms with van der Waals surface area (Å²) in [4.78, 5) is 24.6. The Hall–Kier alpha value is -2.82. The largest absolute Gasteiger partial charge is 0.494 e. The average Bonchev–Trinajstić information content (AvgIpc) is 2.61. The number of carbonyl (C=O) groups is 2. The van der Waals surface area contributed by atoms with Gasteiger partial charge in [0.2, 0.25) is 0 Å². The molecule has 0 spiro atoms. The van der Waals surface area contributed by atoms with E-state index in [2.05, 4.69) is 24.5 Å². The van der Waals surface area contributed by atoms with E-state index < -0.39 is 0 Å². The van der Waals surface area contributed by atoms with Gasteiger partial charge in [-0.3, -0.25) is 9.59 Å². The molecule has 2 aromatic carbocycles. The van der Waals surface area contributed by atoms with Gasteiger partial charge in [0.25, 0.3) is 11.8 Å². The first-order valence-corrected chi connectivity index (χ1v) is 9.61. The number of rotatable bonds is 7. The predicted molar refractivity (Wildman–Crippen MR) is 113 cm³/mol. The molecule has 0 saturated carbocycles. The number of hydrogen-bond donors (Lipinski definition) is 2. The van der Waals surface area contributed by atoms with E-state index in [-0.39, 0.29) is 17.4 Å². The van der Waals surface area contributed by atoms with E-state index in [1.165, 1.54) is 0 Å². The molecule has 28 heavy (non-hydrogen) atoms. The topological polar surface area (TPSA) is 67.4 Å². The molecule has 150 valence electrons. The van der Waals surface area contributed by atoms with Crippen molar-refractivity contribution in [2.75, 3.05) is 11.9 Å². The number of anilines is 1. The number of nitrogens with one attached hydrogen (secondary N) is 2. The molecule has 2 rings (SSSR count). The summed E-state index contributed by atoms with van der Waals surface area (Å²) >= 11 is 0. The third-order valence-electron chi connectivity index (χ3n) is 3.97. The second kappa shape index (κ2) is 9.40. The standard InChI is InChI=1S/C23H30N2O3/c1-16(2)14-15-28-20-12-8-17(9-13-20)21(26)24-19-10-6-18(7-11-19)22(27)25-23(3,4)5/h6-13,16H,14-15H2,1-5H3,(H,24,26)(H,25,27). The monoisotopic (exact) mass is 382 g/mol. The lowest BCUT2D eigenvalue weighted by Gasteiger charge is -2.20. The van der Waals surface area contributed by atoms with Crippen molar-refractivity contribution in [3.05, 3.63) is 59.7 Å². The minimum atomic E-state index is -0.297. The SMILES string of the molecule is CC(C)CCOc1ccc(C(=O)Nc2ccc(C(=O)NC(C)(C)C)cc2)cc1. The highest BCUT2D eigenvalue weighted by atomic mass is 16.5. The molecule has 2 aromatic rings. The van der Waals surface area contributed by atoms with Gasteiger partial charge in [0.05, 0.1) is 6.61 Å². The van der Waals surface area contributed by atoms with Crippen LogP contribution in [0.2, 0.25) is 0 Å². The van der Waals surface area contributed by atoms with Crippen LogP contribution in [-0.4, -0.2) is 24.0 Å². The Labute approximate surface area is 167 Å². The first kappa shape index (κ1) is 21.5. The van der Waals surface area contributed by atoms with Crippen molar-refractivity contribution in [3.8, 4) is 5.75 Å². The van der Waals surface area contributed by atoms with Crippen LogP contribution >= 0.6 is 0 Å². The lowest BCUT2D eigenvalue weighted by molar-refractivity contribution is 0.0919. The molecule has 0 unspecified atom stereocenters. The van der Waals surface area contributed by atoms with Gasteiger partial charge in [0.15, 0.2) is 0 Å². The minimum Gasteiger partial charge on any atom is -0.494 e. The summed E-state index contributed by atoms with van der Waals surface area (Å²) in [7, 11) is 0. The fourth-order valence-corrected chi connectivity index (χ4v) is 2.44. The van der Waals surface area contributed by atoms with Crippen molar-refractivity contribution in [2.24, 2.45) is 5.92 Å².